The van der Waals surface area contributed by atoms with Gasteiger partial charge in [0.2, 0.25) is 0 Å². The van der Waals surface area contributed by atoms with Gasteiger partial charge in [0, 0.05) is 43.3 Å². The molecule has 2 aromatic rings. The summed E-state index contributed by atoms with van der Waals surface area (Å²) in [5.41, 5.74) is 3.14. The van der Waals surface area contributed by atoms with Crippen molar-refractivity contribution in [2.24, 2.45) is 10.8 Å². The topological polar surface area (TPSA) is 55.7 Å². The van der Waals surface area contributed by atoms with Crippen molar-refractivity contribution in [3.05, 3.63) is 29.5 Å². The van der Waals surface area contributed by atoms with Gasteiger partial charge in [-0.25, -0.2) is 0 Å². The van der Waals surface area contributed by atoms with E-state index >= 15 is 0 Å². The number of benzene rings is 1. The van der Waals surface area contributed by atoms with Gasteiger partial charge in [-0.3, -0.25) is 9.69 Å². The summed E-state index contributed by atoms with van der Waals surface area (Å²) in [4.78, 5) is 16.2. The molecule has 4 rings (SSSR count). The lowest BCUT2D eigenvalue weighted by atomic mass is 9.64. The zero-order valence-corrected chi connectivity index (χ0v) is 21.3. The molecule has 1 unspecified atom stereocenters. The van der Waals surface area contributed by atoms with Crippen molar-refractivity contribution >= 4 is 16.8 Å². The molecule has 1 saturated carbocycles. The third-order valence-electron chi connectivity index (χ3n) is 7.95. The van der Waals surface area contributed by atoms with Crippen molar-refractivity contribution < 1.29 is 14.3 Å². The summed E-state index contributed by atoms with van der Waals surface area (Å²) in [6.07, 6.45) is 3.33. The molecule has 1 amide bonds. The maximum Gasteiger partial charge on any atom is 0.253 e. The third kappa shape index (κ3) is 4.92. The molecule has 6 nitrogen and oxygen atoms in total. The van der Waals surface area contributed by atoms with E-state index in [0.717, 1.165) is 80.1 Å². The number of carbonyl (C=O) groups excluding carboxylic acids is 1. The van der Waals surface area contributed by atoms with E-state index in [-0.39, 0.29) is 22.8 Å². The predicted molar refractivity (Wildman–Crippen MR) is 133 cm³/mol. The number of aromatic nitrogens is 1. The van der Waals surface area contributed by atoms with Crippen LogP contribution >= 0.6 is 0 Å². The van der Waals surface area contributed by atoms with Crippen molar-refractivity contribution in [2.75, 3.05) is 40.0 Å². The Balaban J connectivity index is 1.67. The molecule has 1 N–H and O–H groups in total. The first kappa shape index (κ1) is 24.1. The van der Waals surface area contributed by atoms with Gasteiger partial charge in [-0.15, -0.1) is 0 Å². The number of methoxy groups -OCH3 is 1. The van der Waals surface area contributed by atoms with E-state index in [1.165, 1.54) is 6.42 Å². The molecule has 0 bridgehead atoms. The maximum absolute atomic E-state index is 13.8. The number of nitrogens with one attached hydrogen (secondary N) is 1. The first-order valence-corrected chi connectivity index (χ1v) is 12.4. The largest absolute Gasteiger partial charge is 0.495 e. The summed E-state index contributed by atoms with van der Waals surface area (Å²) in [5, 5.41) is 4.42. The van der Waals surface area contributed by atoms with E-state index in [1.54, 1.807) is 7.11 Å². The fourth-order valence-electron chi connectivity index (χ4n) is 5.54. The van der Waals surface area contributed by atoms with Crippen LogP contribution in [0.5, 0.6) is 5.75 Å². The Hall–Kier alpha value is -2.05. The Morgan fingerprint density at radius 1 is 1.15 bits per heavy atom. The standard InChI is InChI=1S/C27H41N3O3/c1-19-23(25(31)28-22-18-26(2,3)10-11-27(22,4)5)20-8-7-9-21(32-6)24(20)30(19)13-12-29-14-16-33-17-15-29/h7-9,22H,10-18H2,1-6H3,(H,28,31). The second kappa shape index (κ2) is 9.30. The minimum atomic E-state index is 0.0339. The van der Waals surface area contributed by atoms with Crippen LogP contribution in [-0.4, -0.2) is 61.4 Å². The van der Waals surface area contributed by atoms with Crippen molar-refractivity contribution in [2.45, 2.75) is 66.5 Å². The van der Waals surface area contributed by atoms with Gasteiger partial charge in [0.15, 0.2) is 0 Å². The highest BCUT2D eigenvalue weighted by atomic mass is 16.5. The normalized spacial score (nSPS) is 22.9. The number of carbonyl (C=O) groups is 1. The SMILES string of the molecule is COc1cccc2c(C(=O)NC3CC(C)(C)CCC3(C)C)c(C)n(CCN3CCOCC3)c12. The number of rotatable bonds is 6. The molecule has 0 radical (unpaired) electrons. The first-order valence-electron chi connectivity index (χ1n) is 12.4. The van der Waals surface area contributed by atoms with Crippen LogP contribution in [0.15, 0.2) is 18.2 Å². The monoisotopic (exact) mass is 455 g/mol. The van der Waals surface area contributed by atoms with Gasteiger partial charge in [0.25, 0.3) is 5.91 Å². The number of hydrogen-bond acceptors (Lipinski definition) is 4. The number of hydrogen-bond donors (Lipinski definition) is 1. The quantitative estimate of drug-likeness (QED) is 0.690. The highest BCUT2D eigenvalue weighted by molar-refractivity contribution is 6.09. The van der Waals surface area contributed by atoms with E-state index in [9.17, 15) is 4.79 Å². The molecule has 1 aliphatic heterocycles. The molecule has 6 heteroatoms. The smallest absolute Gasteiger partial charge is 0.253 e. The summed E-state index contributed by atoms with van der Waals surface area (Å²) in [5.74, 6) is 0.849. The fourth-order valence-corrected chi connectivity index (χ4v) is 5.54. The Bertz CT molecular complexity index is 1000. The lowest BCUT2D eigenvalue weighted by Gasteiger charge is -2.46. The molecule has 182 valence electrons. The maximum atomic E-state index is 13.8. The van der Waals surface area contributed by atoms with Crippen LogP contribution in [0.25, 0.3) is 10.9 Å². The molecule has 2 heterocycles. The average molecular weight is 456 g/mol. The molecule has 33 heavy (non-hydrogen) atoms. The van der Waals surface area contributed by atoms with Gasteiger partial charge >= 0.3 is 0 Å². The number of fused-ring (bicyclic) bond motifs is 1. The van der Waals surface area contributed by atoms with Gasteiger partial charge in [-0.1, -0.05) is 39.8 Å². The first-order chi connectivity index (χ1) is 15.6. The number of morpholine rings is 1. The average Bonchev–Trinajstić information content (AvgIpc) is 3.07. The molecule has 2 aliphatic rings. The van der Waals surface area contributed by atoms with Gasteiger partial charge in [-0.05, 0) is 43.1 Å². The lowest BCUT2D eigenvalue weighted by Crippen LogP contribution is -2.50. The van der Waals surface area contributed by atoms with Gasteiger partial charge in [0.05, 0.1) is 31.4 Å². The van der Waals surface area contributed by atoms with Gasteiger partial charge in [0.1, 0.15) is 5.75 Å². The summed E-state index contributed by atoms with van der Waals surface area (Å²) in [7, 11) is 1.70. The Morgan fingerprint density at radius 2 is 1.88 bits per heavy atom. The Morgan fingerprint density at radius 3 is 2.58 bits per heavy atom. The molecule has 1 aromatic heterocycles. The zero-order valence-electron chi connectivity index (χ0n) is 21.3. The second-order valence-corrected chi connectivity index (χ2v) is 11.3. The number of para-hydroxylation sites is 1. The van der Waals surface area contributed by atoms with E-state index in [1.807, 2.05) is 12.1 Å². The van der Waals surface area contributed by atoms with Crippen LogP contribution in [-0.2, 0) is 11.3 Å². The van der Waals surface area contributed by atoms with Crippen molar-refractivity contribution in [3.8, 4) is 5.75 Å². The zero-order chi connectivity index (χ0) is 23.8. The summed E-state index contributed by atoms with van der Waals surface area (Å²) >= 11 is 0. The number of amides is 1. The molecular weight excluding hydrogens is 414 g/mol. The fraction of sp³-hybridized carbons (Fsp3) is 0.667. The number of ether oxygens (including phenoxy) is 2. The molecule has 1 saturated heterocycles. The van der Waals surface area contributed by atoms with Crippen LogP contribution in [0.2, 0.25) is 0 Å². The van der Waals surface area contributed by atoms with Crippen LogP contribution in [0.3, 0.4) is 0 Å². The van der Waals surface area contributed by atoms with Crippen molar-refractivity contribution in [3.63, 3.8) is 0 Å². The van der Waals surface area contributed by atoms with E-state index < -0.39 is 0 Å². The Kier molecular flexibility index (Phi) is 6.79. The van der Waals surface area contributed by atoms with E-state index in [4.69, 9.17) is 9.47 Å². The van der Waals surface area contributed by atoms with E-state index in [0.29, 0.717) is 0 Å². The number of nitrogens with zero attached hydrogens (tertiary/aromatic N) is 2. The van der Waals surface area contributed by atoms with Crippen LogP contribution in [0.4, 0.5) is 0 Å². The minimum absolute atomic E-state index is 0.0339. The van der Waals surface area contributed by atoms with Crippen LogP contribution < -0.4 is 10.1 Å². The highest BCUT2D eigenvalue weighted by Gasteiger charge is 2.41. The molecule has 1 aromatic carbocycles. The molecule has 2 fully saturated rings. The third-order valence-corrected chi connectivity index (χ3v) is 7.95. The second-order valence-electron chi connectivity index (χ2n) is 11.3. The molecule has 1 aliphatic carbocycles. The van der Waals surface area contributed by atoms with Gasteiger partial charge in [-0.2, -0.15) is 0 Å². The predicted octanol–water partition coefficient (Wildman–Crippen LogP) is 4.63. The van der Waals surface area contributed by atoms with Crippen molar-refractivity contribution in [1.29, 1.82) is 0 Å². The molecule has 1 atom stereocenters. The summed E-state index contributed by atoms with van der Waals surface area (Å²) < 4.78 is 13.5. The van der Waals surface area contributed by atoms with Crippen LogP contribution in [0, 0.1) is 17.8 Å². The lowest BCUT2D eigenvalue weighted by molar-refractivity contribution is 0.0365. The molecular formula is C27H41N3O3. The summed E-state index contributed by atoms with van der Waals surface area (Å²) in [6.45, 7) is 16.5. The van der Waals surface area contributed by atoms with Crippen molar-refractivity contribution in [1.82, 2.24) is 14.8 Å². The molecule has 0 spiro atoms. The van der Waals surface area contributed by atoms with Crippen LogP contribution in [0.1, 0.15) is 63.0 Å². The Labute approximate surface area is 198 Å². The summed E-state index contributed by atoms with van der Waals surface area (Å²) in [6, 6.07) is 6.19. The van der Waals surface area contributed by atoms with Gasteiger partial charge < -0.3 is 19.4 Å². The van der Waals surface area contributed by atoms with E-state index in [2.05, 4.69) is 55.5 Å². The minimum Gasteiger partial charge on any atom is -0.495 e. The highest BCUT2D eigenvalue weighted by Crippen LogP contribution is 2.45.